The zero-order valence-electron chi connectivity index (χ0n) is 20.9. The number of hydrogen-bond donors (Lipinski definition) is 4. The number of nitro groups is 1. The molecule has 0 bridgehead atoms. The number of phenolic OH excluding ortho intramolecular Hbond substituents is 2. The molecule has 5 N–H and O–H groups in total. The number of carbonyl (C=O) groups is 1. The van der Waals surface area contributed by atoms with E-state index in [0.29, 0.717) is 24.2 Å². The molecule has 0 heterocycles. The number of amides is 1. The van der Waals surface area contributed by atoms with Gasteiger partial charge in [0.05, 0.1) is 10.5 Å². The molecule has 8 nitrogen and oxygen atoms in total. The van der Waals surface area contributed by atoms with Crippen molar-refractivity contribution >= 4 is 17.3 Å². The topological polar surface area (TPSA) is 139 Å². The van der Waals surface area contributed by atoms with E-state index in [1.165, 1.54) is 18.2 Å². The van der Waals surface area contributed by atoms with E-state index in [0.717, 1.165) is 36.8 Å². The minimum absolute atomic E-state index is 0.0441. The van der Waals surface area contributed by atoms with Crippen LogP contribution in [-0.4, -0.2) is 27.6 Å². The number of fused-ring (bicyclic) bond motifs is 3. The number of carbonyl (C=O) groups excluding carboxylic acids is 1. The Bertz CT molecular complexity index is 1190. The van der Waals surface area contributed by atoms with Crippen LogP contribution in [-0.2, 0) is 11.8 Å². The average Bonchev–Trinajstić information content (AvgIpc) is 2.78. The molecule has 2 aromatic carbocycles. The minimum atomic E-state index is -0.335. The van der Waals surface area contributed by atoms with Crippen LogP contribution in [0.15, 0.2) is 24.3 Å². The lowest BCUT2D eigenvalue weighted by molar-refractivity contribution is -0.386. The van der Waals surface area contributed by atoms with Crippen molar-refractivity contribution in [3.63, 3.8) is 0 Å². The molecule has 0 saturated heterocycles. The van der Waals surface area contributed by atoms with E-state index >= 15 is 0 Å². The monoisotopic (exact) mass is 481 g/mol. The van der Waals surface area contributed by atoms with Crippen LogP contribution in [0.4, 0.5) is 11.4 Å². The van der Waals surface area contributed by atoms with Crippen LogP contribution in [0.25, 0.3) is 0 Å². The molecule has 35 heavy (non-hydrogen) atoms. The first-order valence-corrected chi connectivity index (χ1v) is 12.3. The molecule has 1 fully saturated rings. The molecule has 2 aliphatic carbocycles. The third kappa shape index (κ3) is 4.09. The molecule has 1 saturated carbocycles. The van der Waals surface area contributed by atoms with Gasteiger partial charge in [-0.3, -0.25) is 14.9 Å². The van der Waals surface area contributed by atoms with Gasteiger partial charge in [0.2, 0.25) is 0 Å². The zero-order valence-corrected chi connectivity index (χ0v) is 20.9. The number of nitrogens with two attached hydrogens (primary N) is 1. The van der Waals surface area contributed by atoms with Gasteiger partial charge in [-0.25, -0.2) is 0 Å². The lowest BCUT2D eigenvalue weighted by Crippen LogP contribution is -2.53. The van der Waals surface area contributed by atoms with Gasteiger partial charge in [-0.05, 0) is 78.2 Å². The predicted molar refractivity (Wildman–Crippen MR) is 135 cm³/mol. The molecule has 1 amide bonds. The lowest BCUT2D eigenvalue weighted by Gasteiger charge is -2.55. The molecule has 0 radical (unpaired) electrons. The number of nitrogen functional groups attached to an aromatic ring is 1. The second-order valence-corrected chi connectivity index (χ2v) is 11.1. The molecule has 2 aromatic rings. The highest BCUT2D eigenvalue weighted by Gasteiger charge is 2.53. The largest absolute Gasteiger partial charge is 0.504 e. The number of nitro benzene ring substituents is 1. The first-order chi connectivity index (χ1) is 16.4. The number of phenols is 2. The Kier molecular flexibility index (Phi) is 6.19. The number of hydrogen-bond acceptors (Lipinski definition) is 6. The van der Waals surface area contributed by atoms with Gasteiger partial charge in [0.1, 0.15) is 0 Å². The smallest absolute Gasteiger partial charge is 0.278 e. The first-order valence-electron chi connectivity index (χ1n) is 12.3. The molecule has 2 aliphatic rings. The van der Waals surface area contributed by atoms with Gasteiger partial charge in [-0.15, -0.1) is 0 Å². The zero-order chi connectivity index (χ0) is 25.7. The quantitative estimate of drug-likeness (QED) is 0.202. The summed E-state index contributed by atoms with van der Waals surface area (Å²) in [6, 6.07) is 6.00. The highest BCUT2D eigenvalue weighted by atomic mass is 16.6. The number of rotatable bonds is 5. The molecule has 188 valence electrons. The normalized spacial score (nSPS) is 25.6. The highest BCUT2D eigenvalue weighted by molar-refractivity contribution is 5.94. The first kappa shape index (κ1) is 24.8. The number of nitrogens with one attached hydrogen (secondary N) is 1. The predicted octanol–water partition coefficient (Wildman–Crippen LogP) is 5.15. The Balaban J connectivity index is 1.67. The van der Waals surface area contributed by atoms with E-state index in [2.05, 4.69) is 19.2 Å². The van der Waals surface area contributed by atoms with Crippen molar-refractivity contribution in [2.24, 2.45) is 11.3 Å². The number of aromatic hydroxyl groups is 2. The molecule has 0 spiro atoms. The van der Waals surface area contributed by atoms with Crippen LogP contribution in [0, 0.1) is 21.4 Å². The summed E-state index contributed by atoms with van der Waals surface area (Å²) >= 11 is 0. The van der Waals surface area contributed by atoms with Gasteiger partial charge in [-0.2, -0.15) is 0 Å². The van der Waals surface area contributed by atoms with E-state index in [9.17, 15) is 25.1 Å². The van der Waals surface area contributed by atoms with Crippen LogP contribution >= 0.6 is 0 Å². The van der Waals surface area contributed by atoms with E-state index in [1.807, 2.05) is 19.9 Å². The maximum absolute atomic E-state index is 12.8. The Morgan fingerprint density at radius 3 is 2.57 bits per heavy atom. The maximum Gasteiger partial charge on any atom is 0.278 e. The van der Waals surface area contributed by atoms with Gasteiger partial charge in [0, 0.05) is 23.4 Å². The van der Waals surface area contributed by atoms with Crippen LogP contribution in [0.2, 0.25) is 0 Å². The number of nitrogens with zero attached hydrogens (tertiary/aromatic N) is 1. The van der Waals surface area contributed by atoms with Gasteiger partial charge < -0.3 is 21.3 Å². The summed E-state index contributed by atoms with van der Waals surface area (Å²) in [6.07, 6.45) is 4.21. The summed E-state index contributed by atoms with van der Waals surface area (Å²) in [5, 5.41) is 34.5. The van der Waals surface area contributed by atoms with Crippen molar-refractivity contribution in [1.82, 2.24) is 5.32 Å². The second-order valence-electron chi connectivity index (χ2n) is 11.1. The number of anilines is 1. The molecule has 3 atom stereocenters. The molecule has 0 aromatic heterocycles. The SMILES string of the molecule is CC(C)c1c(N)cc2c(c1[N+](=O)[O-])CC[C@H]1[C@](C)(CNC(=O)c3ccc(O)c(O)c3)CCC[C@]21C. The van der Waals surface area contributed by atoms with Crippen molar-refractivity contribution in [3.8, 4) is 11.5 Å². The summed E-state index contributed by atoms with van der Waals surface area (Å²) in [5.41, 5.74) is 9.31. The van der Waals surface area contributed by atoms with Crippen molar-refractivity contribution in [2.45, 2.75) is 71.1 Å². The summed E-state index contributed by atoms with van der Waals surface area (Å²) in [6.45, 7) is 8.71. The van der Waals surface area contributed by atoms with Crippen LogP contribution in [0.3, 0.4) is 0 Å². The summed E-state index contributed by atoms with van der Waals surface area (Å²) in [7, 11) is 0. The fraction of sp³-hybridized carbons (Fsp3) is 0.519. The van der Waals surface area contributed by atoms with E-state index in [1.54, 1.807) is 0 Å². The van der Waals surface area contributed by atoms with Crippen LogP contribution in [0.5, 0.6) is 11.5 Å². The van der Waals surface area contributed by atoms with Crippen molar-refractivity contribution in [2.75, 3.05) is 12.3 Å². The van der Waals surface area contributed by atoms with E-state index in [4.69, 9.17) is 5.73 Å². The third-order valence-corrected chi connectivity index (χ3v) is 8.48. The summed E-state index contributed by atoms with van der Waals surface area (Å²) in [5.74, 6) is -0.748. The standard InChI is InChI=1S/C27H35N3O5/c1-15(2)23-19(28)13-18-17(24(23)30(34)35)7-9-22-26(3,10-5-11-27(18,22)4)14-29-25(33)16-6-8-20(31)21(32)12-16/h6,8,12-13,15,22,31-32H,5,7,9-11,14,28H2,1-4H3,(H,29,33)/t22-,26-,27+/m0/s1. The Labute approximate surface area is 205 Å². The molecule has 8 heteroatoms. The third-order valence-electron chi connectivity index (χ3n) is 8.48. The van der Waals surface area contributed by atoms with Crippen molar-refractivity contribution in [3.05, 3.63) is 56.6 Å². The fourth-order valence-electron chi connectivity index (χ4n) is 6.84. The van der Waals surface area contributed by atoms with Gasteiger partial charge in [-0.1, -0.05) is 34.1 Å². The van der Waals surface area contributed by atoms with Crippen LogP contribution in [0.1, 0.15) is 86.3 Å². The minimum Gasteiger partial charge on any atom is -0.504 e. The average molecular weight is 482 g/mol. The summed E-state index contributed by atoms with van der Waals surface area (Å²) in [4.78, 5) is 24.7. The van der Waals surface area contributed by atoms with E-state index < -0.39 is 0 Å². The van der Waals surface area contributed by atoms with Crippen molar-refractivity contribution in [1.29, 1.82) is 0 Å². The number of benzene rings is 2. The molecule has 0 aliphatic heterocycles. The second kappa shape index (κ2) is 8.73. The van der Waals surface area contributed by atoms with Gasteiger partial charge in [0.25, 0.3) is 11.6 Å². The highest BCUT2D eigenvalue weighted by Crippen LogP contribution is 2.59. The van der Waals surface area contributed by atoms with Gasteiger partial charge >= 0.3 is 0 Å². The Hall–Kier alpha value is -3.29. The van der Waals surface area contributed by atoms with Crippen LogP contribution < -0.4 is 11.1 Å². The molecule has 0 unspecified atom stereocenters. The fourth-order valence-corrected chi connectivity index (χ4v) is 6.84. The van der Waals surface area contributed by atoms with E-state index in [-0.39, 0.29) is 56.2 Å². The lowest BCUT2D eigenvalue weighted by atomic mass is 9.49. The van der Waals surface area contributed by atoms with Crippen molar-refractivity contribution < 1.29 is 19.9 Å². The Morgan fingerprint density at radius 2 is 1.94 bits per heavy atom. The Morgan fingerprint density at radius 1 is 1.23 bits per heavy atom. The molecule has 4 rings (SSSR count). The molecular weight excluding hydrogens is 446 g/mol. The maximum atomic E-state index is 12.8. The van der Waals surface area contributed by atoms with Gasteiger partial charge in [0.15, 0.2) is 11.5 Å². The summed E-state index contributed by atoms with van der Waals surface area (Å²) < 4.78 is 0. The molecular formula is C27H35N3O5.